The second kappa shape index (κ2) is 8.76. The standard InChI is InChI=1S/C14H24N2O/c1-5-13(10-15)9-11(3)14(6-2)7-8-16-12(4)17/h5,9,14H,1,3,6-8,10,15H2,2,4H3,(H,16,17)/b13-9+. The van der Waals surface area contributed by atoms with Crippen LogP contribution in [0.5, 0.6) is 0 Å². The zero-order valence-electron chi connectivity index (χ0n) is 11.0. The van der Waals surface area contributed by atoms with Crippen molar-refractivity contribution in [2.45, 2.75) is 26.7 Å². The van der Waals surface area contributed by atoms with Gasteiger partial charge < -0.3 is 11.1 Å². The molecule has 1 amide bonds. The minimum Gasteiger partial charge on any atom is -0.356 e. The maximum atomic E-state index is 10.8. The lowest BCUT2D eigenvalue weighted by molar-refractivity contribution is -0.118. The highest BCUT2D eigenvalue weighted by molar-refractivity contribution is 5.72. The van der Waals surface area contributed by atoms with Crippen LogP contribution in [0.1, 0.15) is 26.7 Å². The van der Waals surface area contributed by atoms with Crippen molar-refractivity contribution in [2.24, 2.45) is 11.7 Å². The van der Waals surface area contributed by atoms with Gasteiger partial charge in [0.15, 0.2) is 0 Å². The number of hydrogen-bond acceptors (Lipinski definition) is 2. The number of carbonyl (C=O) groups is 1. The molecule has 0 aromatic heterocycles. The van der Waals surface area contributed by atoms with Crippen molar-refractivity contribution in [3.63, 3.8) is 0 Å². The molecule has 96 valence electrons. The maximum absolute atomic E-state index is 10.8. The number of rotatable bonds is 8. The van der Waals surface area contributed by atoms with E-state index in [0.717, 1.165) is 24.0 Å². The number of carbonyl (C=O) groups excluding carboxylic acids is 1. The Hall–Kier alpha value is -1.35. The second-order valence-electron chi connectivity index (χ2n) is 4.08. The fourth-order valence-corrected chi connectivity index (χ4v) is 1.63. The molecule has 1 atom stereocenters. The number of hydrogen-bond donors (Lipinski definition) is 2. The first-order valence-corrected chi connectivity index (χ1v) is 6.01. The largest absolute Gasteiger partial charge is 0.356 e. The molecule has 0 rings (SSSR count). The summed E-state index contributed by atoms with van der Waals surface area (Å²) < 4.78 is 0. The van der Waals surface area contributed by atoms with Gasteiger partial charge >= 0.3 is 0 Å². The topological polar surface area (TPSA) is 55.1 Å². The van der Waals surface area contributed by atoms with Gasteiger partial charge in [-0.1, -0.05) is 37.8 Å². The number of nitrogens with two attached hydrogens (primary N) is 1. The van der Waals surface area contributed by atoms with Crippen LogP contribution >= 0.6 is 0 Å². The predicted octanol–water partition coefficient (Wildman–Crippen LogP) is 2.17. The molecular formula is C14H24N2O. The van der Waals surface area contributed by atoms with Crippen LogP contribution in [0.3, 0.4) is 0 Å². The first-order chi connectivity index (χ1) is 8.04. The van der Waals surface area contributed by atoms with Gasteiger partial charge in [0.25, 0.3) is 0 Å². The normalized spacial score (nSPS) is 13.0. The zero-order valence-corrected chi connectivity index (χ0v) is 11.0. The van der Waals surface area contributed by atoms with Crippen LogP contribution in [-0.4, -0.2) is 19.0 Å². The molecule has 3 heteroatoms. The Labute approximate surface area is 104 Å². The lowest BCUT2D eigenvalue weighted by Crippen LogP contribution is -2.23. The predicted molar refractivity (Wildman–Crippen MR) is 73.6 cm³/mol. The summed E-state index contributed by atoms with van der Waals surface area (Å²) in [6.07, 6.45) is 5.66. The Morgan fingerprint density at radius 3 is 2.59 bits per heavy atom. The average Bonchev–Trinajstić information content (AvgIpc) is 2.30. The zero-order chi connectivity index (χ0) is 13.3. The van der Waals surface area contributed by atoms with Gasteiger partial charge in [-0.2, -0.15) is 0 Å². The summed E-state index contributed by atoms with van der Waals surface area (Å²) >= 11 is 0. The molecule has 0 saturated heterocycles. The Balaban J connectivity index is 4.34. The third kappa shape index (κ3) is 6.74. The van der Waals surface area contributed by atoms with Crippen molar-refractivity contribution < 1.29 is 4.79 Å². The van der Waals surface area contributed by atoms with Gasteiger partial charge in [-0.25, -0.2) is 0 Å². The Kier molecular flexibility index (Phi) is 8.07. The Morgan fingerprint density at radius 1 is 1.53 bits per heavy atom. The second-order valence-corrected chi connectivity index (χ2v) is 4.08. The first-order valence-electron chi connectivity index (χ1n) is 6.01. The minimum absolute atomic E-state index is 0.00902. The minimum atomic E-state index is 0.00902. The molecule has 0 aliphatic rings. The molecule has 0 radical (unpaired) electrons. The number of nitrogens with one attached hydrogen (secondary N) is 1. The third-order valence-electron chi connectivity index (χ3n) is 2.75. The van der Waals surface area contributed by atoms with Crippen molar-refractivity contribution in [3.8, 4) is 0 Å². The molecule has 1 unspecified atom stereocenters. The van der Waals surface area contributed by atoms with Gasteiger partial charge in [0, 0.05) is 20.0 Å². The smallest absolute Gasteiger partial charge is 0.216 e. The fraction of sp³-hybridized carbons (Fsp3) is 0.500. The van der Waals surface area contributed by atoms with Crippen molar-refractivity contribution in [2.75, 3.05) is 13.1 Å². The molecule has 0 aliphatic heterocycles. The molecule has 3 N–H and O–H groups in total. The average molecular weight is 236 g/mol. The summed E-state index contributed by atoms with van der Waals surface area (Å²) in [6, 6.07) is 0. The number of amides is 1. The van der Waals surface area contributed by atoms with E-state index < -0.39 is 0 Å². The van der Waals surface area contributed by atoms with Crippen LogP contribution in [-0.2, 0) is 4.79 Å². The Bertz CT molecular complexity index is 305. The van der Waals surface area contributed by atoms with Crippen LogP contribution in [0.2, 0.25) is 0 Å². The van der Waals surface area contributed by atoms with E-state index in [9.17, 15) is 4.79 Å². The van der Waals surface area contributed by atoms with Crippen LogP contribution in [0.15, 0.2) is 36.5 Å². The van der Waals surface area contributed by atoms with E-state index in [1.54, 1.807) is 6.08 Å². The van der Waals surface area contributed by atoms with Gasteiger partial charge in [0.2, 0.25) is 5.91 Å². The van der Waals surface area contributed by atoms with E-state index in [1.165, 1.54) is 6.92 Å². The molecule has 17 heavy (non-hydrogen) atoms. The van der Waals surface area contributed by atoms with E-state index >= 15 is 0 Å². The molecule has 0 spiro atoms. The van der Waals surface area contributed by atoms with Crippen LogP contribution in [0.25, 0.3) is 0 Å². The van der Waals surface area contributed by atoms with Gasteiger partial charge in [-0.3, -0.25) is 4.79 Å². The summed E-state index contributed by atoms with van der Waals surface area (Å²) in [6.45, 7) is 12.6. The van der Waals surface area contributed by atoms with Crippen molar-refractivity contribution in [3.05, 3.63) is 36.5 Å². The van der Waals surface area contributed by atoms with Gasteiger partial charge in [-0.05, 0) is 24.3 Å². The van der Waals surface area contributed by atoms with Gasteiger partial charge in [-0.15, -0.1) is 0 Å². The first kappa shape index (κ1) is 15.7. The van der Waals surface area contributed by atoms with Gasteiger partial charge in [0.05, 0.1) is 0 Å². The SMILES string of the molecule is C=C/C(=C\C(=C)C(CC)CCNC(C)=O)CN. The molecule has 0 aromatic carbocycles. The van der Waals surface area contributed by atoms with Crippen LogP contribution in [0, 0.1) is 5.92 Å². The third-order valence-corrected chi connectivity index (χ3v) is 2.75. The monoisotopic (exact) mass is 236 g/mol. The molecule has 3 nitrogen and oxygen atoms in total. The summed E-state index contributed by atoms with van der Waals surface area (Å²) in [5, 5.41) is 2.80. The van der Waals surface area contributed by atoms with E-state index in [4.69, 9.17) is 5.73 Å². The molecule has 0 aliphatic carbocycles. The van der Waals surface area contributed by atoms with E-state index in [0.29, 0.717) is 19.0 Å². The molecular weight excluding hydrogens is 212 g/mol. The highest BCUT2D eigenvalue weighted by Crippen LogP contribution is 2.19. The number of allylic oxidation sites excluding steroid dienone is 2. The van der Waals surface area contributed by atoms with Crippen molar-refractivity contribution >= 4 is 5.91 Å². The summed E-state index contributed by atoms with van der Waals surface area (Å²) in [5.74, 6) is 0.387. The summed E-state index contributed by atoms with van der Waals surface area (Å²) in [5.41, 5.74) is 7.62. The highest BCUT2D eigenvalue weighted by Gasteiger charge is 2.09. The van der Waals surface area contributed by atoms with E-state index in [1.807, 2.05) is 6.08 Å². The van der Waals surface area contributed by atoms with Crippen LogP contribution in [0.4, 0.5) is 0 Å². The molecule has 0 fully saturated rings. The molecule has 0 aromatic rings. The fourth-order valence-electron chi connectivity index (χ4n) is 1.63. The lowest BCUT2D eigenvalue weighted by atomic mass is 9.92. The maximum Gasteiger partial charge on any atom is 0.216 e. The molecule has 0 saturated carbocycles. The van der Waals surface area contributed by atoms with E-state index in [-0.39, 0.29) is 5.91 Å². The van der Waals surface area contributed by atoms with E-state index in [2.05, 4.69) is 25.4 Å². The summed E-state index contributed by atoms with van der Waals surface area (Å²) in [4.78, 5) is 10.8. The lowest BCUT2D eigenvalue weighted by Gasteiger charge is -2.16. The molecule has 0 bridgehead atoms. The Morgan fingerprint density at radius 2 is 2.18 bits per heavy atom. The van der Waals surface area contributed by atoms with Crippen LogP contribution < -0.4 is 11.1 Å². The van der Waals surface area contributed by atoms with Crippen molar-refractivity contribution in [1.82, 2.24) is 5.32 Å². The molecule has 0 heterocycles. The summed E-state index contributed by atoms with van der Waals surface area (Å²) in [7, 11) is 0. The quantitative estimate of drug-likeness (QED) is 0.635. The highest BCUT2D eigenvalue weighted by atomic mass is 16.1. The van der Waals surface area contributed by atoms with Crippen molar-refractivity contribution in [1.29, 1.82) is 0 Å². The van der Waals surface area contributed by atoms with Gasteiger partial charge in [0.1, 0.15) is 0 Å².